The molecule has 1 saturated heterocycles. The standard InChI is InChI=1S/C18H15NO3S2/c1-2-21-15-10-4-3-9-14(15)19-17(20)16(24-18(19)23)11-5-7-13-8-6-12-22-13/h3-12H,2H2,1H3/b7-5+,16-11-. The van der Waals surface area contributed by atoms with E-state index in [9.17, 15) is 4.79 Å². The summed E-state index contributed by atoms with van der Waals surface area (Å²) in [4.78, 5) is 14.8. The molecule has 0 spiro atoms. The minimum absolute atomic E-state index is 0.152. The lowest BCUT2D eigenvalue weighted by Gasteiger charge is -2.18. The number of ether oxygens (including phenoxy) is 1. The summed E-state index contributed by atoms with van der Waals surface area (Å²) in [6, 6.07) is 11.0. The van der Waals surface area contributed by atoms with Crippen molar-refractivity contribution in [3.8, 4) is 5.75 Å². The summed E-state index contributed by atoms with van der Waals surface area (Å²) in [7, 11) is 0. The maximum Gasteiger partial charge on any atom is 0.270 e. The van der Waals surface area contributed by atoms with Gasteiger partial charge in [0, 0.05) is 0 Å². The second kappa shape index (κ2) is 7.51. The summed E-state index contributed by atoms with van der Waals surface area (Å²) in [5, 5.41) is 0. The van der Waals surface area contributed by atoms with E-state index >= 15 is 0 Å². The zero-order chi connectivity index (χ0) is 16.9. The Morgan fingerprint density at radius 3 is 2.88 bits per heavy atom. The van der Waals surface area contributed by atoms with E-state index in [-0.39, 0.29) is 5.91 Å². The molecule has 3 rings (SSSR count). The van der Waals surface area contributed by atoms with Gasteiger partial charge in [-0.25, -0.2) is 0 Å². The highest BCUT2D eigenvalue weighted by Crippen LogP contribution is 2.39. The zero-order valence-electron chi connectivity index (χ0n) is 13.0. The average molecular weight is 357 g/mol. The van der Waals surface area contributed by atoms with Crippen molar-refractivity contribution in [3.63, 3.8) is 0 Å². The number of benzene rings is 1. The van der Waals surface area contributed by atoms with Crippen LogP contribution in [-0.2, 0) is 4.79 Å². The Kier molecular flexibility index (Phi) is 5.17. The SMILES string of the molecule is CCOc1ccccc1N1C(=O)/C(=C/C=C/c2ccco2)SC1=S. The molecule has 1 amide bonds. The number of carbonyl (C=O) groups is 1. The molecule has 2 aromatic rings. The van der Waals surface area contributed by atoms with Gasteiger partial charge < -0.3 is 9.15 Å². The quantitative estimate of drug-likeness (QED) is 0.576. The highest BCUT2D eigenvalue weighted by molar-refractivity contribution is 8.27. The summed E-state index contributed by atoms with van der Waals surface area (Å²) in [6.45, 7) is 2.42. The number of allylic oxidation sites excluding steroid dienone is 2. The van der Waals surface area contributed by atoms with Gasteiger partial charge in [-0.05, 0) is 43.3 Å². The topological polar surface area (TPSA) is 42.7 Å². The van der Waals surface area contributed by atoms with Crippen LogP contribution >= 0.6 is 24.0 Å². The Hall–Kier alpha value is -2.31. The molecule has 122 valence electrons. The van der Waals surface area contributed by atoms with Crippen LogP contribution in [0.4, 0.5) is 5.69 Å². The van der Waals surface area contributed by atoms with Crippen LogP contribution in [0.15, 0.2) is 64.1 Å². The van der Waals surface area contributed by atoms with Crippen LogP contribution in [0.25, 0.3) is 6.08 Å². The lowest BCUT2D eigenvalue weighted by atomic mass is 10.2. The maximum atomic E-state index is 12.7. The summed E-state index contributed by atoms with van der Waals surface area (Å²) in [5.41, 5.74) is 0.667. The summed E-state index contributed by atoms with van der Waals surface area (Å²) >= 11 is 6.65. The number of hydrogen-bond acceptors (Lipinski definition) is 5. The van der Waals surface area contributed by atoms with Crippen LogP contribution in [0.3, 0.4) is 0 Å². The average Bonchev–Trinajstić information content (AvgIpc) is 3.18. The lowest BCUT2D eigenvalue weighted by molar-refractivity contribution is -0.113. The van der Waals surface area contributed by atoms with Crippen LogP contribution < -0.4 is 9.64 Å². The second-order valence-corrected chi connectivity index (χ2v) is 6.49. The number of nitrogens with zero attached hydrogens (tertiary/aromatic N) is 1. The minimum Gasteiger partial charge on any atom is -0.492 e. The molecule has 0 bridgehead atoms. The van der Waals surface area contributed by atoms with E-state index in [0.29, 0.717) is 27.3 Å². The lowest BCUT2D eigenvalue weighted by Crippen LogP contribution is -2.28. The number of rotatable bonds is 5. The fourth-order valence-corrected chi connectivity index (χ4v) is 3.46. The molecule has 0 unspecified atom stereocenters. The summed E-state index contributed by atoms with van der Waals surface area (Å²) < 4.78 is 11.3. The normalized spacial score (nSPS) is 16.5. The molecule has 6 heteroatoms. The highest BCUT2D eigenvalue weighted by atomic mass is 32.2. The molecule has 0 radical (unpaired) electrons. The van der Waals surface area contributed by atoms with Crippen LogP contribution in [0.5, 0.6) is 5.75 Å². The molecular formula is C18H15NO3S2. The first-order valence-electron chi connectivity index (χ1n) is 7.40. The molecule has 4 nitrogen and oxygen atoms in total. The molecule has 2 heterocycles. The molecule has 0 saturated carbocycles. The van der Waals surface area contributed by atoms with Crippen molar-refractivity contribution in [1.82, 2.24) is 0 Å². The van der Waals surface area contributed by atoms with Crippen LogP contribution in [0, 0.1) is 0 Å². The smallest absolute Gasteiger partial charge is 0.270 e. The van der Waals surface area contributed by atoms with E-state index in [4.69, 9.17) is 21.4 Å². The first-order valence-corrected chi connectivity index (χ1v) is 8.63. The fraction of sp³-hybridized carbons (Fsp3) is 0.111. The zero-order valence-corrected chi connectivity index (χ0v) is 14.6. The van der Waals surface area contributed by atoms with Crippen LogP contribution in [0.2, 0.25) is 0 Å². The van der Waals surface area contributed by atoms with E-state index in [0.717, 1.165) is 5.76 Å². The fourth-order valence-electron chi connectivity index (χ4n) is 2.23. The maximum absolute atomic E-state index is 12.7. The third kappa shape index (κ3) is 3.44. The van der Waals surface area contributed by atoms with E-state index in [2.05, 4.69) is 0 Å². The third-order valence-electron chi connectivity index (χ3n) is 3.25. The molecule has 1 aromatic heterocycles. The van der Waals surface area contributed by atoms with Crippen molar-refractivity contribution in [2.75, 3.05) is 11.5 Å². The third-order valence-corrected chi connectivity index (χ3v) is 4.57. The van der Waals surface area contributed by atoms with E-state index in [1.165, 1.54) is 16.7 Å². The summed E-state index contributed by atoms with van der Waals surface area (Å²) in [5.74, 6) is 1.22. The Morgan fingerprint density at radius 2 is 2.12 bits per heavy atom. The predicted octanol–water partition coefficient (Wildman–Crippen LogP) is 4.64. The Balaban J connectivity index is 1.84. The predicted molar refractivity (Wildman–Crippen MR) is 101 cm³/mol. The first kappa shape index (κ1) is 16.5. The number of carbonyl (C=O) groups excluding carboxylic acids is 1. The second-order valence-electron chi connectivity index (χ2n) is 4.81. The van der Waals surface area contributed by atoms with Gasteiger partial charge in [0.05, 0.1) is 23.5 Å². The van der Waals surface area contributed by atoms with Gasteiger partial charge in [0.25, 0.3) is 5.91 Å². The van der Waals surface area contributed by atoms with Crippen molar-refractivity contribution in [3.05, 3.63) is 65.5 Å². The largest absolute Gasteiger partial charge is 0.492 e. The number of amides is 1. The van der Waals surface area contributed by atoms with Gasteiger partial charge in [-0.15, -0.1) is 0 Å². The number of para-hydroxylation sites is 2. The molecule has 0 aliphatic carbocycles. The summed E-state index contributed by atoms with van der Waals surface area (Å²) in [6.07, 6.45) is 6.91. The van der Waals surface area contributed by atoms with Gasteiger partial charge in [-0.3, -0.25) is 9.69 Å². The molecule has 1 aromatic carbocycles. The van der Waals surface area contributed by atoms with Crippen molar-refractivity contribution in [2.45, 2.75) is 6.92 Å². The molecule has 24 heavy (non-hydrogen) atoms. The van der Waals surface area contributed by atoms with Crippen molar-refractivity contribution in [1.29, 1.82) is 0 Å². The van der Waals surface area contributed by atoms with E-state index < -0.39 is 0 Å². The van der Waals surface area contributed by atoms with Gasteiger partial charge in [0.15, 0.2) is 4.32 Å². The minimum atomic E-state index is -0.152. The van der Waals surface area contributed by atoms with Crippen molar-refractivity contribution >= 4 is 46.0 Å². The number of furan rings is 1. The molecule has 1 aliphatic rings. The Labute approximate surface area is 149 Å². The Bertz CT molecular complexity index is 809. The van der Waals surface area contributed by atoms with Gasteiger partial charge in [-0.1, -0.05) is 42.2 Å². The number of thioether (sulfide) groups is 1. The number of hydrogen-bond donors (Lipinski definition) is 0. The van der Waals surface area contributed by atoms with Gasteiger partial charge in [0.2, 0.25) is 0 Å². The molecule has 0 atom stereocenters. The Morgan fingerprint density at radius 1 is 1.29 bits per heavy atom. The van der Waals surface area contributed by atoms with Crippen molar-refractivity contribution < 1.29 is 13.9 Å². The van der Waals surface area contributed by atoms with Crippen molar-refractivity contribution in [2.24, 2.45) is 0 Å². The van der Waals surface area contributed by atoms with E-state index in [1.807, 2.05) is 43.3 Å². The molecular weight excluding hydrogens is 342 g/mol. The molecule has 0 N–H and O–H groups in total. The van der Waals surface area contributed by atoms with Crippen LogP contribution in [-0.4, -0.2) is 16.8 Å². The van der Waals surface area contributed by atoms with E-state index in [1.54, 1.807) is 24.5 Å². The first-order chi connectivity index (χ1) is 11.7. The number of anilines is 1. The van der Waals surface area contributed by atoms with Gasteiger partial charge >= 0.3 is 0 Å². The highest BCUT2D eigenvalue weighted by Gasteiger charge is 2.34. The van der Waals surface area contributed by atoms with Gasteiger partial charge in [-0.2, -0.15) is 0 Å². The molecule has 1 fully saturated rings. The number of thiocarbonyl (C=S) groups is 1. The monoisotopic (exact) mass is 357 g/mol. The molecule has 1 aliphatic heterocycles. The van der Waals surface area contributed by atoms with Gasteiger partial charge in [0.1, 0.15) is 11.5 Å². The van der Waals surface area contributed by atoms with Crippen LogP contribution in [0.1, 0.15) is 12.7 Å².